The lowest BCUT2D eigenvalue weighted by Gasteiger charge is -2.42. The second-order valence-electron chi connectivity index (χ2n) is 11.6. The average molecular weight is 567 g/mol. The number of amides is 3. The summed E-state index contributed by atoms with van der Waals surface area (Å²) in [7, 11) is 0. The Labute approximate surface area is 249 Å². The highest BCUT2D eigenvalue weighted by atomic mass is 16.2. The molecule has 0 atom stereocenters. The summed E-state index contributed by atoms with van der Waals surface area (Å²) < 4.78 is 0. The molecule has 2 heterocycles. The third-order valence-corrected chi connectivity index (χ3v) is 9.06. The first-order valence-corrected chi connectivity index (χ1v) is 15.4. The molecule has 3 amide bonds. The Balaban J connectivity index is 1.29. The van der Waals surface area contributed by atoms with Crippen LogP contribution in [0.25, 0.3) is 0 Å². The van der Waals surface area contributed by atoms with Crippen LogP contribution in [0.1, 0.15) is 53.2 Å². The summed E-state index contributed by atoms with van der Waals surface area (Å²) in [5, 5.41) is 3.31. The molecule has 1 saturated carbocycles. The van der Waals surface area contributed by atoms with Gasteiger partial charge in [-0.25, -0.2) is 4.79 Å². The molecular formula is C34H42N6O2. The van der Waals surface area contributed by atoms with Gasteiger partial charge in [-0.2, -0.15) is 0 Å². The number of benzene rings is 3. The molecule has 0 bridgehead atoms. The van der Waals surface area contributed by atoms with Gasteiger partial charge in [-0.3, -0.25) is 14.6 Å². The topological polar surface area (TPSA) is 85.1 Å². The first kappa shape index (κ1) is 28.2. The van der Waals surface area contributed by atoms with Crippen molar-refractivity contribution in [1.82, 2.24) is 15.1 Å². The zero-order chi connectivity index (χ0) is 28.9. The van der Waals surface area contributed by atoms with Gasteiger partial charge in [-0.15, -0.1) is 0 Å². The van der Waals surface area contributed by atoms with Crippen molar-refractivity contribution < 1.29 is 9.59 Å². The number of hydrogen-bond acceptors (Lipinski definition) is 5. The van der Waals surface area contributed by atoms with E-state index in [1.807, 2.05) is 23.1 Å². The van der Waals surface area contributed by atoms with E-state index in [2.05, 4.69) is 75.8 Å². The van der Waals surface area contributed by atoms with E-state index in [0.29, 0.717) is 18.7 Å². The van der Waals surface area contributed by atoms with Crippen molar-refractivity contribution in [3.63, 3.8) is 0 Å². The van der Waals surface area contributed by atoms with Crippen molar-refractivity contribution in [2.75, 3.05) is 62.2 Å². The van der Waals surface area contributed by atoms with Gasteiger partial charge in [0.25, 0.3) is 5.91 Å². The monoisotopic (exact) mass is 566 g/mol. The molecule has 3 aliphatic rings. The fourth-order valence-corrected chi connectivity index (χ4v) is 6.93. The Kier molecular flexibility index (Phi) is 8.72. The Morgan fingerprint density at radius 3 is 1.95 bits per heavy atom. The van der Waals surface area contributed by atoms with Crippen LogP contribution in [0.3, 0.4) is 0 Å². The molecule has 3 aromatic carbocycles. The number of carbonyl (C=O) groups is 2. The lowest BCUT2D eigenvalue weighted by atomic mass is 9.96. The largest absolute Gasteiger partial charge is 0.367 e. The lowest BCUT2D eigenvalue weighted by Crippen LogP contribution is -2.49. The van der Waals surface area contributed by atoms with E-state index >= 15 is 0 Å². The first-order valence-electron chi connectivity index (χ1n) is 15.4. The van der Waals surface area contributed by atoms with E-state index in [0.717, 1.165) is 76.3 Å². The summed E-state index contributed by atoms with van der Waals surface area (Å²) in [6.45, 7) is 6.32. The van der Waals surface area contributed by atoms with Gasteiger partial charge in [0.1, 0.15) is 0 Å². The zero-order valence-corrected chi connectivity index (χ0v) is 24.3. The number of nitrogens with two attached hydrogens (primary N) is 1. The molecule has 6 rings (SSSR count). The van der Waals surface area contributed by atoms with Crippen molar-refractivity contribution in [2.24, 2.45) is 5.73 Å². The van der Waals surface area contributed by atoms with Crippen LogP contribution in [0.5, 0.6) is 0 Å². The number of rotatable bonds is 7. The summed E-state index contributed by atoms with van der Waals surface area (Å²) in [5.41, 5.74) is 11.0. The van der Waals surface area contributed by atoms with Crippen molar-refractivity contribution in [3.05, 3.63) is 95.6 Å². The summed E-state index contributed by atoms with van der Waals surface area (Å²) >= 11 is 0. The third-order valence-electron chi connectivity index (χ3n) is 9.06. The summed E-state index contributed by atoms with van der Waals surface area (Å²) in [5.74, 6) is 0.0125. The maximum atomic E-state index is 13.5. The van der Waals surface area contributed by atoms with Gasteiger partial charge in [-0.1, -0.05) is 73.5 Å². The highest BCUT2D eigenvalue weighted by Crippen LogP contribution is 2.38. The Morgan fingerprint density at radius 1 is 0.786 bits per heavy atom. The SMILES string of the molecule is NC(=O)N(c1cc(C(=O)N2CCNCC2)ccc1N1CCN(C(c2ccccc2)c2ccccc2)CC1)C1CCCC1. The number of primary amides is 1. The number of piperazine rings is 2. The normalized spacial score (nSPS) is 18.4. The standard InChI is InChI=1S/C34H42N6O2/c35-34(42)40(29-13-7-8-14-29)31-25-28(33(41)39-19-17-36-18-20-39)15-16-30(31)37-21-23-38(24-22-37)32(26-9-3-1-4-10-26)27-11-5-2-6-12-27/h1-6,9-12,15-16,25,29,32,36H,7-8,13-14,17-24H2,(H2,35,42). The quantitative estimate of drug-likeness (QED) is 0.441. The molecule has 2 aliphatic heterocycles. The summed E-state index contributed by atoms with van der Waals surface area (Å²) in [4.78, 5) is 35.0. The average Bonchev–Trinajstić information content (AvgIpc) is 3.57. The second-order valence-corrected chi connectivity index (χ2v) is 11.6. The van der Waals surface area contributed by atoms with Gasteiger partial charge in [0, 0.05) is 64.0 Å². The molecule has 42 heavy (non-hydrogen) atoms. The first-order chi connectivity index (χ1) is 20.6. The van der Waals surface area contributed by atoms with E-state index < -0.39 is 6.03 Å². The summed E-state index contributed by atoms with van der Waals surface area (Å²) in [6, 6.07) is 27.1. The van der Waals surface area contributed by atoms with Crippen LogP contribution >= 0.6 is 0 Å². The van der Waals surface area contributed by atoms with Gasteiger partial charge in [0.2, 0.25) is 0 Å². The smallest absolute Gasteiger partial charge is 0.319 e. The van der Waals surface area contributed by atoms with E-state index in [1.54, 1.807) is 4.90 Å². The third kappa shape index (κ3) is 6.01. The molecule has 3 N–H and O–H groups in total. The van der Waals surface area contributed by atoms with Crippen LogP contribution in [0.2, 0.25) is 0 Å². The number of anilines is 2. The number of nitrogens with one attached hydrogen (secondary N) is 1. The van der Waals surface area contributed by atoms with Crippen LogP contribution in [-0.4, -0.2) is 80.1 Å². The number of nitrogens with zero attached hydrogens (tertiary/aromatic N) is 4. The zero-order valence-electron chi connectivity index (χ0n) is 24.3. The molecule has 1 aliphatic carbocycles. The maximum absolute atomic E-state index is 13.5. The number of urea groups is 1. The van der Waals surface area contributed by atoms with Gasteiger partial charge in [0.05, 0.1) is 17.4 Å². The fraction of sp³-hybridized carbons (Fsp3) is 0.412. The molecule has 3 aromatic rings. The lowest BCUT2D eigenvalue weighted by molar-refractivity contribution is 0.0736. The van der Waals surface area contributed by atoms with Crippen molar-refractivity contribution in [3.8, 4) is 0 Å². The Morgan fingerprint density at radius 2 is 1.38 bits per heavy atom. The molecule has 8 nitrogen and oxygen atoms in total. The van der Waals surface area contributed by atoms with Crippen LogP contribution in [0.15, 0.2) is 78.9 Å². The van der Waals surface area contributed by atoms with E-state index in [9.17, 15) is 9.59 Å². The minimum absolute atomic E-state index is 0.0125. The van der Waals surface area contributed by atoms with E-state index in [4.69, 9.17) is 5.73 Å². The van der Waals surface area contributed by atoms with Crippen LogP contribution in [-0.2, 0) is 0 Å². The number of carbonyl (C=O) groups excluding carboxylic acids is 2. The van der Waals surface area contributed by atoms with Gasteiger partial charge < -0.3 is 20.9 Å². The van der Waals surface area contributed by atoms with Crippen molar-refractivity contribution in [2.45, 2.75) is 37.8 Å². The molecule has 0 spiro atoms. The predicted molar refractivity (Wildman–Crippen MR) is 168 cm³/mol. The Bertz CT molecular complexity index is 1310. The molecule has 2 saturated heterocycles. The Hall–Kier alpha value is -3.88. The second kappa shape index (κ2) is 13.0. The highest BCUT2D eigenvalue weighted by molar-refractivity contribution is 6.00. The molecule has 8 heteroatoms. The molecule has 0 aromatic heterocycles. The van der Waals surface area contributed by atoms with Gasteiger partial charge >= 0.3 is 6.03 Å². The summed E-state index contributed by atoms with van der Waals surface area (Å²) in [6.07, 6.45) is 4.04. The van der Waals surface area contributed by atoms with Gasteiger partial charge in [-0.05, 0) is 42.2 Å². The minimum atomic E-state index is -0.443. The molecule has 0 unspecified atom stereocenters. The van der Waals surface area contributed by atoms with E-state index in [-0.39, 0.29) is 18.0 Å². The van der Waals surface area contributed by atoms with Crippen LogP contribution < -0.4 is 20.9 Å². The highest BCUT2D eigenvalue weighted by Gasteiger charge is 2.33. The van der Waals surface area contributed by atoms with Crippen molar-refractivity contribution >= 4 is 23.3 Å². The predicted octanol–water partition coefficient (Wildman–Crippen LogP) is 4.47. The molecule has 3 fully saturated rings. The molecule has 220 valence electrons. The van der Waals surface area contributed by atoms with Crippen molar-refractivity contribution in [1.29, 1.82) is 0 Å². The fourth-order valence-electron chi connectivity index (χ4n) is 6.93. The van der Waals surface area contributed by atoms with Gasteiger partial charge in [0.15, 0.2) is 0 Å². The molecular weight excluding hydrogens is 524 g/mol. The minimum Gasteiger partial charge on any atom is -0.367 e. The van der Waals surface area contributed by atoms with Crippen LogP contribution in [0.4, 0.5) is 16.2 Å². The molecule has 0 radical (unpaired) electrons. The maximum Gasteiger partial charge on any atom is 0.319 e. The van der Waals surface area contributed by atoms with Crippen LogP contribution in [0, 0.1) is 0 Å². The number of hydrogen-bond donors (Lipinski definition) is 2. The van der Waals surface area contributed by atoms with E-state index in [1.165, 1.54) is 11.1 Å².